The van der Waals surface area contributed by atoms with Crippen molar-refractivity contribution in [1.29, 1.82) is 0 Å². The first-order chi connectivity index (χ1) is 9.24. The van der Waals surface area contributed by atoms with E-state index in [9.17, 15) is 4.79 Å². The minimum Gasteiger partial charge on any atom is -0.309 e. The molecule has 0 aliphatic rings. The third-order valence-electron chi connectivity index (χ3n) is 2.66. The maximum Gasteiger partial charge on any atom is 0.258 e. The van der Waals surface area contributed by atoms with Gasteiger partial charge in [-0.3, -0.25) is 4.79 Å². The van der Waals surface area contributed by atoms with Crippen LogP contribution < -0.4 is 5.56 Å². The summed E-state index contributed by atoms with van der Waals surface area (Å²) in [6, 6.07) is 5.61. The van der Waals surface area contributed by atoms with Gasteiger partial charge in [0, 0.05) is 0 Å². The maximum atomic E-state index is 12.0. The van der Waals surface area contributed by atoms with E-state index in [2.05, 4.69) is 20.2 Å². The molecule has 0 fully saturated rings. The fourth-order valence-corrected chi connectivity index (χ4v) is 3.13. The number of fused-ring (bicyclic) bond motifs is 1. The molecule has 0 bridgehead atoms. The molecule has 1 N–H and O–H groups in total. The Labute approximate surface area is 117 Å². The van der Waals surface area contributed by atoms with Gasteiger partial charge < -0.3 is 4.98 Å². The number of para-hydroxylation sites is 1. The van der Waals surface area contributed by atoms with Crippen molar-refractivity contribution in [2.24, 2.45) is 0 Å². The zero-order chi connectivity index (χ0) is 13.2. The summed E-state index contributed by atoms with van der Waals surface area (Å²) in [7, 11) is 0. The Balaban J connectivity index is 1.96. The Kier molecular flexibility index (Phi) is 3.31. The first kappa shape index (κ1) is 12.3. The van der Waals surface area contributed by atoms with Crippen molar-refractivity contribution in [3.63, 3.8) is 0 Å². The van der Waals surface area contributed by atoms with Crippen molar-refractivity contribution in [3.8, 4) is 0 Å². The standard InChI is InChI=1S/C12H10N4OS2/c1-7-3-2-4-8-10(7)14-9(15-11(8)17)5-18-12-16-13-6-19-12/h2-4,6H,5H2,1H3,(H,14,15,17). The number of hydrogen-bond donors (Lipinski definition) is 1. The fourth-order valence-electron chi connectivity index (χ4n) is 1.78. The summed E-state index contributed by atoms with van der Waals surface area (Å²) in [5, 5.41) is 8.35. The number of H-pyrrole nitrogens is 1. The summed E-state index contributed by atoms with van der Waals surface area (Å²) >= 11 is 2.99. The van der Waals surface area contributed by atoms with Crippen LogP contribution in [0.2, 0.25) is 0 Å². The second-order valence-corrected chi connectivity index (χ2v) is 6.03. The Morgan fingerprint density at radius 1 is 1.42 bits per heavy atom. The quantitative estimate of drug-likeness (QED) is 0.750. The van der Waals surface area contributed by atoms with Gasteiger partial charge >= 0.3 is 0 Å². The predicted octanol–water partition coefficient (Wildman–Crippen LogP) is 2.38. The first-order valence-electron chi connectivity index (χ1n) is 5.61. The van der Waals surface area contributed by atoms with Gasteiger partial charge in [-0.05, 0) is 18.6 Å². The number of rotatable bonds is 3. The minimum absolute atomic E-state index is 0.0958. The van der Waals surface area contributed by atoms with E-state index in [0.29, 0.717) is 17.0 Å². The van der Waals surface area contributed by atoms with E-state index in [1.807, 2.05) is 19.1 Å². The van der Waals surface area contributed by atoms with Gasteiger partial charge in [0.05, 0.1) is 16.7 Å². The lowest BCUT2D eigenvalue weighted by Gasteiger charge is -2.03. The zero-order valence-electron chi connectivity index (χ0n) is 10.1. The highest BCUT2D eigenvalue weighted by atomic mass is 32.2. The molecule has 0 saturated carbocycles. The molecule has 0 atom stereocenters. The third kappa shape index (κ3) is 2.52. The van der Waals surface area contributed by atoms with Gasteiger partial charge in [0.1, 0.15) is 11.3 Å². The third-order valence-corrected chi connectivity index (χ3v) is 4.53. The molecule has 2 heterocycles. The van der Waals surface area contributed by atoms with Crippen LogP contribution >= 0.6 is 23.1 Å². The summed E-state index contributed by atoms with van der Waals surface area (Å²) in [5.74, 6) is 1.24. The van der Waals surface area contributed by atoms with Crippen LogP contribution in [0.1, 0.15) is 11.4 Å². The van der Waals surface area contributed by atoms with Crippen molar-refractivity contribution in [2.45, 2.75) is 17.0 Å². The van der Waals surface area contributed by atoms with Crippen LogP contribution in [0.4, 0.5) is 0 Å². The highest BCUT2D eigenvalue weighted by Crippen LogP contribution is 2.22. The average molecular weight is 290 g/mol. The van der Waals surface area contributed by atoms with Gasteiger partial charge in [0.2, 0.25) is 0 Å². The van der Waals surface area contributed by atoms with Gasteiger partial charge in [-0.25, -0.2) is 4.98 Å². The number of aryl methyl sites for hydroxylation is 1. The number of hydrogen-bond acceptors (Lipinski definition) is 6. The van der Waals surface area contributed by atoms with E-state index in [4.69, 9.17) is 0 Å². The minimum atomic E-state index is -0.0958. The Hall–Kier alpha value is -1.73. The normalized spacial score (nSPS) is 11.0. The monoisotopic (exact) mass is 290 g/mol. The highest BCUT2D eigenvalue weighted by molar-refractivity contribution is 8.00. The number of benzene rings is 1. The van der Waals surface area contributed by atoms with E-state index < -0.39 is 0 Å². The molecule has 0 aliphatic carbocycles. The molecule has 3 aromatic rings. The molecule has 5 nitrogen and oxygen atoms in total. The lowest BCUT2D eigenvalue weighted by Crippen LogP contribution is -2.11. The molecule has 0 saturated heterocycles. The molecule has 0 unspecified atom stereocenters. The molecule has 0 amide bonds. The first-order valence-corrected chi connectivity index (χ1v) is 7.48. The average Bonchev–Trinajstić information content (AvgIpc) is 2.91. The fraction of sp³-hybridized carbons (Fsp3) is 0.167. The molecule has 7 heteroatoms. The zero-order valence-corrected chi connectivity index (χ0v) is 11.7. The van der Waals surface area contributed by atoms with Crippen LogP contribution in [-0.4, -0.2) is 20.2 Å². The summed E-state index contributed by atoms with van der Waals surface area (Å²) < 4.78 is 0.868. The van der Waals surface area contributed by atoms with Crippen molar-refractivity contribution in [2.75, 3.05) is 0 Å². The van der Waals surface area contributed by atoms with Gasteiger partial charge in [-0.1, -0.05) is 35.2 Å². The summed E-state index contributed by atoms with van der Waals surface area (Å²) in [6.45, 7) is 1.95. The van der Waals surface area contributed by atoms with Gasteiger partial charge in [0.25, 0.3) is 5.56 Å². The van der Waals surface area contributed by atoms with Gasteiger partial charge in [0.15, 0.2) is 4.34 Å². The number of aromatic amines is 1. The maximum absolute atomic E-state index is 12.0. The summed E-state index contributed by atoms with van der Waals surface area (Å²) in [5.41, 5.74) is 3.36. The van der Waals surface area contributed by atoms with Crippen LogP contribution in [0.15, 0.2) is 32.8 Å². The number of aromatic nitrogens is 4. The van der Waals surface area contributed by atoms with E-state index in [0.717, 1.165) is 15.4 Å². The predicted molar refractivity (Wildman–Crippen MR) is 76.6 cm³/mol. The Morgan fingerprint density at radius 2 is 2.32 bits per heavy atom. The van der Waals surface area contributed by atoms with Gasteiger partial charge in [-0.2, -0.15) is 0 Å². The van der Waals surface area contributed by atoms with Crippen LogP contribution in [-0.2, 0) is 5.75 Å². The van der Waals surface area contributed by atoms with Gasteiger partial charge in [-0.15, -0.1) is 10.2 Å². The lowest BCUT2D eigenvalue weighted by molar-refractivity contribution is 1.00. The Morgan fingerprint density at radius 3 is 3.11 bits per heavy atom. The molecule has 2 aromatic heterocycles. The van der Waals surface area contributed by atoms with E-state index in [1.165, 1.54) is 23.1 Å². The van der Waals surface area contributed by atoms with Crippen molar-refractivity contribution in [1.82, 2.24) is 20.2 Å². The van der Waals surface area contributed by atoms with E-state index in [1.54, 1.807) is 11.6 Å². The topological polar surface area (TPSA) is 71.5 Å². The second-order valence-electron chi connectivity index (χ2n) is 3.98. The molecule has 96 valence electrons. The van der Waals surface area contributed by atoms with Crippen LogP contribution in [0.5, 0.6) is 0 Å². The molecular weight excluding hydrogens is 280 g/mol. The number of nitrogens with zero attached hydrogens (tertiary/aromatic N) is 3. The molecule has 0 radical (unpaired) electrons. The number of nitrogens with one attached hydrogen (secondary N) is 1. The SMILES string of the molecule is Cc1cccc2c(=O)[nH]c(CSc3nncs3)nc12. The van der Waals surface area contributed by atoms with Crippen molar-refractivity contribution in [3.05, 3.63) is 45.5 Å². The molecule has 19 heavy (non-hydrogen) atoms. The molecular formula is C12H10N4OS2. The van der Waals surface area contributed by atoms with Crippen LogP contribution in [0, 0.1) is 6.92 Å². The highest BCUT2D eigenvalue weighted by Gasteiger charge is 2.07. The largest absolute Gasteiger partial charge is 0.309 e. The lowest BCUT2D eigenvalue weighted by atomic mass is 10.1. The van der Waals surface area contributed by atoms with Crippen molar-refractivity contribution >= 4 is 34.0 Å². The van der Waals surface area contributed by atoms with Crippen molar-refractivity contribution < 1.29 is 0 Å². The summed E-state index contributed by atoms with van der Waals surface area (Å²) in [6.07, 6.45) is 0. The molecule has 1 aromatic carbocycles. The smallest absolute Gasteiger partial charge is 0.258 e. The van der Waals surface area contributed by atoms with Crippen LogP contribution in [0.3, 0.4) is 0 Å². The molecule has 3 rings (SSSR count). The number of thioether (sulfide) groups is 1. The Bertz CT molecular complexity index is 767. The van der Waals surface area contributed by atoms with Crippen LogP contribution in [0.25, 0.3) is 10.9 Å². The van der Waals surface area contributed by atoms with E-state index in [-0.39, 0.29) is 5.56 Å². The molecule has 0 aliphatic heterocycles. The molecule has 0 spiro atoms. The second kappa shape index (κ2) is 5.10. The van der Waals surface area contributed by atoms with E-state index >= 15 is 0 Å². The summed E-state index contributed by atoms with van der Waals surface area (Å²) in [4.78, 5) is 19.3.